The minimum Gasteiger partial charge on any atom is -0.457 e. The van der Waals surface area contributed by atoms with Gasteiger partial charge < -0.3 is 30.3 Å². The number of esters is 1. The van der Waals surface area contributed by atoms with Crippen LogP contribution in [0.1, 0.15) is 71.1 Å². The van der Waals surface area contributed by atoms with Crippen molar-refractivity contribution in [3.63, 3.8) is 0 Å². The highest BCUT2D eigenvalue weighted by Gasteiger charge is 2.34. The van der Waals surface area contributed by atoms with Crippen LogP contribution >= 0.6 is 0 Å². The second-order valence-electron chi connectivity index (χ2n) is 6.52. The molecule has 0 aromatic carbocycles. The topological polar surface area (TPSA) is 127 Å². The minimum atomic E-state index is -1.67. The number of carbonyl (C=O) groups excluding carboxylic acids is 1. The molecule has 0 aromatic heterocycles. The Morgan fingerprint density at radius 3 is 1.76 bits per heavy atom. The number of aliphatic hydroxyl groups is 5. The molecule has 0 rings (SSSR count). The first-order valence-electron chi connectivity index (χ1n) is 9.43. The molecule has 5 N–H and O–H groups in total. The summed E-state index contributed by atoms with van der Waals surface area (Å²) in [5.74, 6) is -0.607. The van der Waals surface area contributed by atoms with Crippen molar-refractivity contribution in [3.8, 4) is 0 Å². The number of ether oxygens (including phenoxy) is 1. The van der Waals surface area contributed by atoms with Gasteiger partial charge in [0.25, 0.3) is 0 Å². The van der Waals surface area contributed by atoms with Crippen molar-refractivity contribution in [2.75, 3.05) is 13.2 Å². The van der Waals surface area contributed by atoms with Crippen molar-refractivity contribution in [1.29, 1.82) is 0 Å². The van der Waals surface area contributed by atoms with E-state index >= 15 is 0 Å². The van der Waals surface area contributed by atoms with Gasteiger partial charge in [-0.15, -0.1) is 0 Å². The van der Waals surface area contributed by atoms with Crippen LogP contribution in [0.5, 0.6) is 0 Å². The number of carbonyl (C=O) groups is 1. The smallest absolute Gasteiger partial charge is 0.306 e. The summed E-state index contributed by atoms with van der Waals surface area (Å²) in [7, 11) is 0. The van der Waals surface area contributed by atoms with E-state index in [0.717, 1.165) is 19.3 Å². The van der Waals surface area contributed by atoms with Crippen LogP contribution < -0.4 is 0 Å². The Bertz CT molecular complexity index is 325. The second-order valence-corrected chi connectivity index (χ2v) is 6.52. The van der Waals surface area contributed by atoms with Crippen molar-refractivity contribution in [1.82, 2.24) is 0 Å². The van der Waals surface area contributed by atoms with Gasteiger partial charge in [0.05, 0.1) is 13.2 Å². The maximum Gasteiger partial charge on any atom is 0.306 e. The van der Waals surface area contributed by atoms with Gasteiger partial charge >= 0.3 is 5.97 Å². The largest absolute Gasteiger partial charge is 0.457 e. The fourth-order valence-corrected chi connectivity index (χ4v) is 2.60. The Kier molecular flexibility index (Phi) is 15.1. The standard InChI is InChI=1S/C18H36O7/c1-2-3-4-5-6-7-8-9-10-11-16(23)25-18(15(22)13-20)17(24)14(21)12-19/h14-15,17-22,24H,2-13H2,1H3/t14-,15+,17+,18+/m0/s1. The average Bonchev–Trinajstić information content (AvgIpc) is 2.62. The molecule has 0 bridgehead atoms. The Hall–Kier alpha value is -0.730. The lowest BCUT2D eigenvalue weighted by molar-refractivity contribution is -0.177. The first-order chi connectivity index (χ1) is 12.0. The van der Waals surface area contributed by atoms with Gasteiger partial charge in [-0.3, -0.25) is 4.79 Å². The van der Waals surface area contributed by atoms with Gasteiger partial charge in [0.15, 0.2) is 6.10 Å². The molecule has 7 nitrogen and oxygen atoms in total. The minimum absolute atomic E-state index is 0.145. The number of rotatable bonds is 16. The van der Waals surface area contributed by atoms with E-state index in [2.05, 4.69) is 6.92 Å². The molecule has 0 aliphatic carbocycles. The molecule has 0 saturated heterocycles. The number of hydrogen-bond donors (Lipinski definition) is 5. The van der Waals surface area contributed by atoms with Gasteiger partial charge in [-0.25, -0.2) is 0 Å². The summed E-state index contributed by atoms with van der Waals surface area (Å²) < 4.78 is 4.99. The van der Waals surface area contributed by atoms with E-state index < -0.39 is 43.6 Å². The SMILES string of the molecule is CCCCCCCCCCCC(=O)O[C@@H]([C@H](O)[C@@H](O)CO)[C@H](O)CO. The van der Waals surface area contributed by atoms with Crippen LogP contribution in [0.2, 0.25) is 0 Å². The van der Waals surface area contributed by atoms with E-state index in [0.29, 0.717) is 6.42 Å². The molecule has 0 aliphatic rings. The molecule has 4 atom stereocenters. The predicted octanol–water partition coefficient (Wildman–Crippen LogP) is 0.886. The van der Waals surface area contributed by atoms with Crippen molar-refractivity contribution < 1.29 is 35.1 Å². The number of hydrogen-bond acceptors (Lipinski definition) is 7. The molecule has 0 fully saturated rings. The summed E-state index contributed by atoms with van der Waals surface area (Å²) in [6.45, 7) is 0.712. The van der Waals surface area contributed by atoms with Gasteiger partial charge in [0.1, 0.15) is 18.3 Å². The lowest BCUT2D eigenvalue weighted by Gasteiger charge is -2.28. The fraction of sp³-hybridized carbons (Fsp3) is 0.944. The van der Waals surface area contributed by atoms with Gasteiger partial charge in [-0.1, -0.05) is 58.3 Å². The van der Waals surface area contributed by atoms with E-state index in [9.17, 15) is 20.1 Å². The zero-order chi connectivity index (χ0) is 19.1. The third-order valence-corrected chi connectivity index (χ3v) is 4.24. The van der Waals surface area contributed by atoms with E-state index in [1.165, 1.54) is 32.1 Å². The Morgan fingerprint density at radius 2 is 1.28 bits per heavy atom. The summed E-state index contributed by atoms with van der Waals surface area (Å²) in [5.41, 5.74) is 0. The van der Waals surface area contributed by atoms with Crippen LogP contribution in [0, 0.1) is 0 Å². The Labute approximate surface area is 150 Å². The third-order valence-electron chi connectivity index (χ3n) is 4.24. The molecule has 0 heterocycles. The molecular formula is C18H36O7. The van der Waals surface area contributed by atoms with E-state index in [4.69, 9.17) is 14.9 Å². The Balaban J connectivity index is 3.99. The molecule has 150 valence electrons. The van der Waals surface area contributed by atoms with Crippen molar-refractivity contribution >= 4 is 5.97 Å². The summed E-state index contributed by atoms with van der Waals surface area (Å²) in [5, 5.41) is 46.7. The van der Waals surface area contributed by atoms with Crippen LogP contribution in [-0.2, 0) is 9.53 Å². The summed E-state index contributed by atoms with van der Waals surface area (Å²) >= 11 is 0. The normalized spacial score (nSPS) is 16.2. The average molecular weight is 364 g/mol. The fourth-order valence-electron chi connectivity index (χ4n) is 2.60. The number of aliphatic hydroxyl groups excluding tert-OH is 5. The highest BCUT2D eigenvalue weighted by molar-refractivity contribution is 5.69. The molecule has 0 radical (unpaired) electrons. The zero-order valence-electron chi connectivity index (χ0n) is 15.3. The van der Waals surface area contributed by atoms with Crippen molar-refractivity contribution in [2.24, 2.45) is 0 Å². The zero-order valence-corrected chi connectivity index (χ0v) is 15.3. The summed E-state index contributed by atoms with van der Waals surface area (Å²) in [6, 6.07) is 0. The van der Waals surface area contributed by atoms with Crippen LogP contribution in [0.25, 0.3) is 0 Å². The van der Waals surface area contributed by atoms with E-state index in [1.54, 1.807) is 0 Å². The molecular weight excluding hydrogens is 328 g/mol. The highest BCUT2D eigenvalue weighted by atomic mass is 16.6. The van der Waals surface area contributed by atoms with Crippen molar-refractivity contribution in [2.45, 2.75) is 95.5 Å². The summed E-state index contributed by atoms with van der Waals surface area (Å²) in [4.78, 5) is 11.8. The van der Waals surface area contributed by atoms with Crippen molar-refractivity contribution in [3.05, 3.63) is 0 Å². The molecule has 7 heteroatoms. The highest BCUT2D eigenvalue weighted by Crippen LogP contribution is 2.14. The van der Waals surface area contributed by atoms with Crippen LogP contribution in [-0.4, -0.2) is 69.1 Å². The molecule has 0 unspecified atom stereocenters. The van der Waals surface area contributed by atoms with E-state index in [-0.39, 0.29) is 6.42 Å². The van der Waals surface area contributed by atoms with E-state index in [1.807, 2.05) is 0 Å². The van der Waals surface area contributed by atoms with Gasteiger partial charge in [-0.05, 0) is 6.42 Å². The molecule has 0 aliphatic heterocycles. The first-order valence-corrected chi connectivity index (χ1v) is 9.43. The maximum absolute atomic E-state index is 11.8. The molecule has 0 saturated carbocycles. The molecule has 25 heavy (non-hydrogen) atoms. The monoisotopic (exact) mass is 364 g/mol. The van der Waals surface area contributed by atoms with Crippen LogP contribution in [0.15, 0.2) is 0 Å². The lowest BCUT2D eigenvalue weighted by Crippen LogP contribution is -2.49. The second kappa shape index (κ2) is 15.5. The van der Waals surface area contributed by atoms with Crippen LogP contribution in [0.4, 0.5) is 0 Å². The molecule has 0 amide bonds. The van der Waals surface area contributed by atoms with Gasteiger partial charge in [0.2, 0.25) is 0 Å². The molecule has 0 spiro atoms. The molecule has 0 aromatic rings. The quantitative estimate of drug-likeness (QED) is 0.203. The first kappa shape index (κ1) is 24.3. The predicted molar refractivity (Wildman–Crippen MR) is 93.9 cm³/mol. The van der Waals surface area contributed by atoms with Crippen LogP contribution in [0.3, 0.4) is 0 Å². The number of unbranched alkanes of at least 4 members (excludes halogenated alkanes) is 8. The van der Waals surface area contributed by atoms with Gasteiger partial charge in [-0.2, -0.15) is 0 Å². The lowest BCUT2D eigenvalue weighted by atomic mass is 10.0. The maximum atomic E-state index is 11.8. The third kappa shape index (κ3) is 11.5. The van der Waals surface area contributed by atoms with Gasteiger partial charge in [0, 0.05) is 6.42 Å². The summed E-state index contributed by atoms with van der Waals surface area (Å²) in [6.07, 6.45) is 3.91. The Morgan fingerprint density at radius 1 is 0.800 bits per heavy atom.